The largest absolute Gasteiger partial charge is 0.504 e. The fraction of sp³-hybridized carbons (Fsp3) is 0.500. The summed E-state index contributed by atoms with van der Waals surface area (Å²) in [4.78, 5) is 12.7. The van der Waals surface area contributed by atoms with Gasteiger partial charge in [0.25, 0.3) is 0 Å². The van der Waals surface area contributed by atoms with Crippen LogP contribution in [0, 0.1) is 5.92 Å². The molecule has 0 amide bonds. The first-order valence-electron chi connectivity index (χ1n) is 7.90. The minimum absolute atomic E-state index is 0.0723. The topological polar surface area (TPSA) is 85.2 Å². The van der Waals surface area contributed by atoms with Crippen molar-refractivity contribution in [2.24, 2.45) is 5.92 Å². The Morgan fingerprint density at radius 2 is 2.04 bits per heavy atom. The SMILES string of the molecule is C/C=C1\[C@H](OC)O[C@@H](OC)C[C@H]1C(=O)CCc1ccc(O)c(O)c1. The van der Waals surface area contributed by atoms with Crippen LogP contribution in [0.4, 0.5) is 0 Å². The second kappa shape index (κ2) is 8.28. The summed E-state index contributed by atoms with van der Waals surface area (Å²) in [6.07, 6.45) is 2.05. The lowest BCUT2D eigenvalue weighted by molar-refractivity contribution is -0.237. The predicted molar refractivity (Wildman–Crippen MR) is 87.6 cm³/mol. The highest BCUT2D eigenvalue weighted by Gasteiger charge is 2.37. The second-order valence-corrected chi connectivity index (χ2v) is 5.74. The Kier molecular flexibility index (Phi) is 6.36. The van der Waals surface area contributed by atoms with Crippen LogP contribution in [0.3, 0.4) is 0 Å². The Balaban J connectivity index is 2.06. The summed E-state index contributed by atoms with van der Waals surface area (Å²) < 4.78 is 16.2. The van der Waals surface area contributed by atoms with Crippen LogP contribution >= 0.6 is 0 Å². The van der Waals surface area contributed by atoms with Crippen LogP contribution in [-0.4, -0.2) is 42.8 Å². The highest BCUT2D eigenvalue weighted by atomic mass is 16.8. The van der Waals surface area contributed by atoms with E-state index in [1.165, 1.54) is 19.2 Å². The molecule has 0 unspecified atom stereocenters. The van der Waals surface area contributed by atoms with Gasteiger partial charge in [-0.3, -0.25) is 4.79 Å². The number of carbonyl (C=O) groups is 1. The molecule has 0 spiro atoms. The van der Waals surface area contributed by atoms with Gasteiger partial charge in [-0.05, 0) is 36.6 Å². The molecule has 0 aromatic heterocycles. The normalized spacial score (nSPS) is 25.8. The standard InChI is InChI=1S/C18H24O6/c1-4-12-13(10-17(22-2)24-18(12)23-3)14(19)7-5-11-6-8-15(20)16(21)9-11/h4,6,8-9,13,17-18,20-21H,5,7,10H2,1-3H3/b12-4-/t13-,17-,18-/m1/s1. The summed E-state index contributed by atoms with van der Waals surface area (Å²) in [6.45, 7) is 1.86. The van der Waals surface area contributed by atoms with E-state index in [1.807, 2.05) is 13.0 Å². The number of rotatable bonds is 6. The molecule has 1 aliphatic rings. The molecule has 0 bridgehead atoms. The number of hydrogen-bond acceptors (Lipinski definition) is 6. The van der Waals surface area contributed by atoms with Crippen molar-refractivity contribution >= 4 is 5.78 Å². The van der Waals surface area contributed by atoms with Crippen LogP contribution in [0.25, 0.3) is 0 Å². The van der Waals surface area contributed by atoms with Crippen molar-refractivity contribution in [1.29, 1.82) is 0 Å². The molecule has 0 saturated carbocycles. The summed E-state index contributed by atoms with van der Waals surface area (Å²) in [5.41, 5.74) is 1.60. The molecule has 24 heavy (non-hydrogen) atoms. The number of hydrogen-bond donors (Lipinski definition) is 2. The third kappa shape index (κ3) is 4.14. The lowest BCUT2D eigenvalue weighted by Crippen LogP contribution is -2.40. The minimum atomic E-state index is -0.583. The molecule has 1 heterocycles. The number of phenolic OH excluding ortho intramolecular Hbond substituents is 2. The van der Waals surface area contributed by atoms with Crippen molar-refractivity contribution in [3.8, 4) is 11.5 Å². The van der Waals surface area contributed by atoms with Crippen molar-refractivity contribution in [3.05, 3.63) is 35.4 Å². The molecule has 0 aliphatic carbocycles. The van der Waals surface area contributed by atoms with E-state index in [4.69, 9.17) is 14.2 Å². The van der Waals surface area contributed by atoms with Gasteiger partial charge in [0.1, 0.15) is 5.78 Å². The molecule has 6 nitrogen and oxygen atoms in total. The van der Waals surface area contributed by atoms with E-state index in [0.717, 1.165) is 11.1 Å². The van der Waals surface area contributed by atoms with E-state index in [-0.39, 0.29) is 23.2 Å². The molecular weight excluding hydrogens is 312 g/mol. The fourth-order valence-electron chi connectivity index (χ4n) is 2.93. The smallest absolute Gasteiger partial charge is 0.183 e. The number of carbonyl (C=O) groups excluding carboxylic acids is 1. The maximum atomic E-state index is 12.7. The molecule has 1 aliphatic heterocycles. The Hall–Kier alpha value is -1.89. The van der Waals surface area contributed by atoms with Crippen LogP contribution in [0.1, 0.15) is 25.3 Å². The predicted octanol–water partition coefficient (Wildman–Crippen LogP) is 2.53. The van der Waals surface area contributed by atoms with Gasteiger partial charge >= 0.3 is 0 Å². The molecule has 132 valence electrons. The molecule has 1 aromatic carbocycles. The van der Waals surface area contributed by atoms with Gasteiger partial charge in [-0.2, -0.15) is 0 Å². The number of allylic oxidation sites excluding steroid dienone is 1. The summed E-state index contributed by atoms with van der Waals surface area (Å²) >= 11 is 0. The third-order valence-corrected chi connectivity index (χ3v) is 4.28. The summed E-state index contributed by atoms with van der Waals surface area (Å²) in [6, 6.07) is 4.58. The first-order valence-corrected chi connectivity index (χ1v) is 7.90. The number of ketones is 1. The maximum Gasteiger partial charge on any atom is 0.183 e. The summed E-state index contributed by atoms with van der Waals surface area (Å²) in [5.74, 6) is -0.594. The van der Waals surface area contributed by atoms with E-state index in [2.05, 4.69) is 0 Å². The average Bonchev–Trinajstić information content (AvgIpc) is 2.60. The molecule has 1 saturated heterocycles. The van der Waals surface area contributed by atoms with E-state index < -0.39 is 12.6 Å². The summed E-state index contributed by atoms with van der Waals surface area (Å²) in [7, 11) is 3.08. The van der Waals surface area contributed by atoms with Gasteiger partial charge in [0.15, 0.2) is 24.1 Å². The highest BCUT2D eigenvalue weighted by Crippen LogP contribution is 2.33. The number of benzene rings is 1. The monoisotopic (exact) mass is 336 g/mol. The fourth-order valence-corrected chi connectivity index (χ4v) is 2.93. The average molecular weight is 336 g/mol. The van der Waals surface area contributed by atoms with Crippen LogP contribution in [0.5, 0.6) is 11.5 Å². The van der Waals surface area contributed by atoms with E-state index in [1.54, 1.807) is 13.2 Å². The Labute approximate surface area is 141 Å². The number of aromatic hydroxyl groups is 2. The number of phenols is 2. The lowest BCUT2D eigenvalue weighted by atomic mass is 9.85. The van der Waals surface area contributed by atoms with Crippen LogP contribution in [0.2, 0.25) is 0 Å². The van der Waals surface area contributed by atoms with Crippen LogP contribution in [0.15, 0.2) is 29.8 Å². The Morgan fingerprint density at radius 1 is 1.29 bits per heavy atom. The van der Waals surface area contributed by atoms with E-state index >= 15 is 0 Å². The van der Waals surface area contributed by atoms with E-state index in [9.17, 15) is 15.0 Å². The zero-order valence-corrected chi connectivity index (χ0v) is 14.2. The van der Waals surface area contributed by atoms with Gasteiger partial charge in [0.05, 0.1) is 0 Å². The number of aryl methyl sites for hydroxylation is 1. The van der Waals surface area contributed by atoms with Crippen molar-refractivity contribution < 1.29 is 29.2 Å². The lowest BCUT2D eigenvalue weighted by Gasteiger charge is -2.35. The molecule has 6 heteroatoms. The second-order valence-electron chi connectivity index (χ2n) is 5.74. The molecule has 0 radical (unpaired) electrons. The summed E-state index contributed by atoms with van der Waals surface area (Å²) in [5, 5.41) is 18.9. The van der Waals surface area contributed by atoms with Crippen LogP contribution < -0.4 is 0 Å². The third-order valence-electron chi connectivity index (χ3n) is 4.28. The number of Topliss-reactive ketones (excluding diaryl/α,β-unsaturated/α-hetero) is 1. The zero-order chi connectivity index (χ0) is 17.7. The van der Waals surface area contributed by atoms with Crippen molar-refractivity contribution in [2.75, 3.05) is 14.2 Å². The van der Waals surface area contributed by atoms with E-state index in [0.29, 0.717) is 19.3 Å². The Morgan fingerprint density at radius 3 is 2.62 bits per heavy atom. The van der Waals surface area contributed by atoms with Crippen molar-refractivity contribution in [1.82, 2.24) is 0 Å². The van der Waals surface area contributed by atoms with Gasteiger partial charge in [0.2, 0.25) is 0 Å². The molecule has 1 fully saturated rings. The van der Waals surface area contributed by atoms with Crippen molar-refractivity contribution in [2.45, 2.75) is 38.8 Å². The first-order chi connectivity index (χ1) is 11.5. The quantitative estimate of drug-likeness (QED) is 0.613. The van der Waals surface area contributed by atoms with Gasteiger partial charge in [-0.1, -0.05) is 12.1 Å². The zero-order valence-electron chi connectivity index (χ0n) is 14.2. The molecule has 2 rings (SSSR count). The Bertz CT molecular complexity index is 610. The molecule has 2 N–H and O–H groups in total. The van der Waals surface area contributed by atoms with Gasteiger partial charge < -0.3 is 24.4 Å². The van der Waals surface area contributed by atoms with Gasteiger partial charge in [0, 0.05) is 33.0 Å². The van der Waals surface area contributed by atoms with Gasteiger partial charge in [-0.15, -0.1) is 0 Å². The van der Waals surface area contributed by atoms with Gasteiger partial charge in [-0.25, -0.2) is 0 Å². The molecular formula is C18H24O6. The van der Waals surface area contributed by atoms with Crippen LogP contribution in [-0.2, 0) is 25.4 Å². The first kappa shape index (κ1) is 18.4. The maximum absolute atomic E-state index is 12.7. The highest BCUT2D eigenvalue weighted by molar-refractivity contribution is 5.84. The number of methoxy groups -OCH3 is 2. The molecule has 3 atom stereocenters. The minimum Gasteiger partial charge on any atom is -0.504 e. The molecule has 1 aromatic rings. The number of ether oxygens (including phenoxy) is 3. The van der Waals surface area contributed by atoms with Crippen molar-refractivity contribution in [3.63, 3.8) is 0 Å².